The van der Waals surface area contributed by atoms with Crippen molar-refractivity contribution in [3.63, 3.8) is 0 Å². The molecule has 0 spiro atoms. The molecule has 4 rings (SSSR count). The molecule has 2 aromatic carbocycles. The topological polar surface area (TPSA) is 104 Å². The Balaban J connectivity index is 1.69. The third-order valence-electron chi connectivity index (χ3n) is 7.06. The van der Waals surface area contributed by atoms with Gasteiger partial charge in [-0.25, -0.2) is 9.97 Å². The number of benzene rings is 2. The Morgan fingerprint density at radius 1 is 1.07 bits per heavy atom. The zero-order valence-electron chi connectivity index (χ0n) is 24.4. The van der Waals surface area contributed by atoms with Crippen LogP contribution in [-0.2, 0) is 6.54 Å². The van der Waals surface area contributed by atoms with E-state index in [4.69, 9.17) is 4.74 Å². The lowest BCUT2D eigenvalue weighted by molar-refractivity contribution is -0.0493. The fraction of sp³-hybridized carbons (Fsp3) is 0.367. The molecule has 0 aliphatic rings. The molecule has 4 aromatic rings. The lowest BCUT2D eigenvalue weighted by Crippen LogP contribution is -2.33. The predicted molar refractivity (Wildman–Crippen MR) is 164 cm³/mol. The molecule has 224 valence electrons. The Hall–Kier alpha value is -4.29. The second-order valence-electron chi connectivity index (χ2n) is 9.66. The van der Waals surface area contributed by atoms with E-state index in [1.807, 2.05) is 47.9 Å². The largest absolute Gasteiger partial charge is 0.433 e. The molecule has 0 fully saturated rings. The summed E-state index contributed by atoms with van der Waals surface area (Å²) in [7, 11) is 1.86. The first kappa shape index (κ1) is 30.7. The Bertz CT molecular complexity index is 1490. The molecule has 0 radical (unpaired) electrons. The first-order chi connectivity index (χ1) is 20.3. The van der Waals surface area contributed by atoms with E-state index >= 15 is 0 Å². The number of nitrogens with one attached hydrogen (secondary N) is 2. The number of halogens is 2. The van der Waals surface area contributed by atoms with Crippen LogP contribution in [0.5, 0.6) is 5.75 Å². The summed E-state index contributed by atoms with van der Waals surface area (Å²) in [5, 5.41) is 21.8. The second-order valence-corrected chi connectivity index (χ2v) is 9.66. The third-order valence-corrected chi connectivity index (χ3v) is 7.06. The highest BCUT2D eigenvalue weighted by atomic mass is 19.3. The maximum atomic E-state index is 13.6. The molecule has 2 heterocycles. The van der Waals surface area contributed by atoms with Crippen molar-refractivity contribution >= 4 is 33.8 Å². The van der Waals surface area contributed by atoms with Crippen LogP contribution >= 0.6 is 0 Å². The molecule has 3 N–H and O–H groups in total. The monoisotopic (exact) mass is 580 g/mol. The summed E-state index contributed by atoms with van der Waals surface area (Å²) in [4.78, 5) is 12.9. The fourth-order valence-electron chi connectivity index (χ4n) is 4.68. The SMILES string of the molecule is C=CC(O)Nc1cc(Nc2cc(-c3ccc4c(cnn4CC)c3)ncn2)c(OC(F)F)cc1N(C)CCN(CC)CC. The summed E-state index contributed by atoms with van der Waals surface area (Å²) in [6.07, 6.45) is 3.49. The van der Waals surface area contributed by atoms with Gasteiger partial charge in [-0.2, -0.15) is 13.9 Å². The number of aryl methyl sites for hydroxylation is 1. The molecule has 0 aliphatic heterocycles. The van der Waals surface area contributed by atoms with Crippen molar-refractivity contribution in [3.05, 3.63) is 61.6 Å². The van der Waals surface area contributed by atoms with Crippen molar-refractivity contribution < 1.29 is 18.6 Å². The number of aromatic nitrogens is 4. The Kier molecular flexibility index (Phi) is 10.3. The zero-order valence-corrected chi connectivity index (χ0v) is 24.4. The number of alkyl halides is 2. The average Bonchev–Trinajstić information content (AvgIpc) is 3.41. The number of likely N-dealkylation sites (N-methyl/N-ethyl adjacent to an activating group) is 2. The van der Waals surface area contributed by atoms with Crippen molar-refractivity contribution in [1.29, 1.82) is 0 Å². The van der Waals surface area contributed by atoms with Crippen LogP contribution in [0.25, 0.3) is 22.2 Å². The maximum Gasteiger partial charge on any atom is 0.387 e. The van der Waals surface area contributed by atoms with Gasteiger partial charge in [0.1, 0.15) is 18.4 Å². The van der Waals surface area contributed by atoms with Gasteiger partial charge in [0.15, 0.2) is 5.75 Å². The molecule has 1 unspecified atom stereocenters. The van der Waals surface area contributed by atoms with E-state index in [0.717, 1.165) is 42.6 Å². The first-order valence-corrected chi connectivity index (χ1v) is 13.9. The number of rotatable bonds is 15. The summed E-state index contributed by atoms with van der Waals surface area (Å²) >= 11 is 0. The molecular weight excluding hydrogens is 542 g/mol. The van der Waals surface area contributed by atoms with Crippen molar-refractivity contribution in [1.82, 2.24) is 24.6 Å². The Labute approximate surface area is 244 Å². The van der Waals surface area contributed by atoms with Gasteiger partial charge in [0.25, 0.3) is 0 Å². The van der Waals surface area contributed by atoms with Crippen molar-refractivity contribution in [2.75, 3.05) is 48.8 Å². The molecule has 0 saturated carbocycles. The van der Waals surface area contributed by atoms with Crippen molar-refractivity contribution in [2.45, 2.75) is 40.2 Å². The van der Waals surface area contributed by atoms with E-state index in [-0.39, 0.29) is 11.4 Å². The van der Waals surface area contributed by atoms with Crippen LogP contribution in [0, 0.1) is 0 Å². The summed E-state index contributed by atoms with van der Waals surface area (Å²) in [6, 6.07) is 10.8. The van der Waals surface area contributed by atoms with Gasteiger partial charge in [0.05, 0.1) is 34.5 Å². The number of aliphatic hydroxyl groups excluding tert-OH is 1. The van der Waals surface area contributed by atoms with Crippen LogP contribution in [0.2, 0.25) is 0 Å². The van der Waals surface area contributed by atoms with E-state index < -0.39 is 12.8 Å². The number of ether oxygens (including phenoxy) is 1. The summed E-state index contributed by atoms with van der Waals surface area (Å²) in [6.45, 7) is 10.7. The number of anilines is 4. The molecule has 2 aromatic heterocycles. The summed E-state index contributed by atoms with van der Waals surface area (Å²) < 4.78 is 34.0. The van der Waals surface area contributed by atoms with E-state index in [0.29, 0.717) is 29.4 Å². The van der Waals surface area contributed by atoms with Crippen molar-refractivity contribution in [3.8, 4) is 17.0 Å². The van der Waals surface area contributed by atoms with Gasteiger partial charge in [0, 0.05) is 49.8 Å². The first-order valence-electron chi connectivity index (χ1n) is 13.9. The van der Waals surface area contributed by atoms with E-state index in [1.165, 1.54) is 18.5 Å². The smallest absolute Gasteiger partial charge is 0.387 e. The fourth-order valence-corrected chi connectivity index (χ4v) is 4.68. The highest BCUT2D eigenvalue weighted by Gasteiger charge is 2.19. The van der Waals surface area contributed by atoms with Crippen LogP contribution < -0.4 is 20.3 Å². The lowest BCUT2D eigenvalue weighted by Gasteiger charge is -2.28. The number of fused-ring (bicyclic) bond motifs is 1. The molecule has 0 amide bonds. The molecule has 1 atom stereocenters. The minimum Gasteiger partial charge on any atom is -0.433 e. The highest BCUT2D eigenvalue weighted by molar-refractivity contribution is 5.85. The highest BCUT2D eigenvalue weighted by Crippen LogP contribution is 2.39. The van der Waals surface area contributed by atoms with Gasteiger partial charge < -0.3 is 30.3 Å². The third kappa shape index (κ3) is 7.31. The molecule has 0 bridgehead atoms. The molecule has 42 heavy (non-hydrogen) atoms. The standard InChI is InChI=1S/C30H38F2N8O2/c1-6-29(41)37-23-15-24(27(42-30(31)32)17-26(23)38(5)12-13-39(7-2)8-3)36-28-16-22(33-19-34-28)20-10-11-25-21(14-20)18-35-40(25)9-4/h6,10-11,14-19,29-30,37,41H,1,7-9,12-13H2,2-5H3,(H,33,34,36). The lowest BCUT2D eigenvalue weighted by atomic mass is 10.1. The quantitative estimate of drug-likeness (QED) is 0.123. The number of hydrogen-bond acceptors (Lipinski definition) is 9. The average molecular weight is 581 g/mol. The normalized spacial score (nSPS) is 12.1. The number of hydrogen-bond donors (Lipinski definition) is 3. The molecule has 10 nitrogen and oxygen atoms in total. The van der Waals surface area contributed by atoms with Gasteiger partial charge in [-0.1, -0.05) is 26.5 Å². The maximum absolute atomic E-state index is 13.6. The van der Waals surface area contributed by atoms with Gasteiger partial charge in [-0.15, -0.1) is 0 Å². The van der Waals surface area contributed by atoms with Crippen molar-refractivity contribution in [2.24, 2.45) is 0 Å². The van der Waals surface area contributed by atoms with Crippen LogP contribution in [0.3, 0.4) is 0 Å². The summed E-state index contributed by atoms with van der Waals surface area (Å²) in [5.74, 6) is 0.309. The minimum absolute atomic E-state index is 0.0677. The molecule has 12 heteroatoms. The van der Waals surface area contributed by atoms with E-state index in [1.54, 1.807) is 12.1 Å². The Morgan fingerprint density at radius 3 is 2.55 bits per heavy atom. The van der Waals surface area contributed by atoms with Crippen LogP contribution in [0.1, 0.15) is 20.8 Å². The zero-order chi connectivity index (χ0) is 30.2. The predicted octanol–water partition coefficient (Wildman–Crippen LogP) is 5.55. The molecule has 0 aliphatic carbocycles. The minimum atomic E-state index is -3.05. The van der Waals surface area contributed by atoms with Crippen LogP contribution in [-0.4, -0.2) is 75.8 Å². The van der Waals surface area contributed by atoms with Gasteiger partial charge in [-0.05, 0) is 44.3 Å². The second kappa shape index (κ2) is 14.1. The van der Waals surface area contributed by atoms with E-state index in [9.17, 15) is 13.9 Å². The van der Waals surface area contributed by atoms with Gasteiger partial charge in [0.2, 0.25) is 0 Å². The van der Waals surface area contributed by atoms with Gasteiger partial charge >= 0.3 is 6.61 Å². The summed E-state index contributed by atoms with van der Waals surface area (Å²) in [5.41, 5.74) is 3.83. The van der Waals surface area contributed by atoms with Gasteiger partial charge in [-0.3, -0.25) is 4.68 Å². The van der Waals surface area contributed by atoms with Crippen LogP contribution in [0.4, 0.5) is 31.7 Å². The number of nitrogens with zero attached hydrogens (tertiary/aromatic N) is 6. The molecule has 0 saturated heterocycles. The van der Waals surface area contributed by atoms with Crippen LogP contribution in [0.15, 0.2) is 61.6 Å². The molecular formula is C30H38F2N8O2. The Morgan fingerprint density at radius 2 is 1.86 bits per heavy atom. The number of aliphatic hydroxyl groups is 1. The van der Waals surface area contributed by atoms with E-state index in [2.05, 4.69) is 51.0 Å².